The largest absolute Gasteiger partial charge is 0.454 e. The molecule has 0 aromatic carbocycles. The minimum absolute atomic E-state index is 0.0320. The highest BCUT2D eigenvalue weighted by atomic mass is 16.6. The van der Waals surface area contributed by atoms with Crippen molar-refractivity contribution in [3.8, 4) is 12.1 Å². The number of nitriles is 1. The molecule has 0 saturated carbocycles. The Bertz CT molecular complexity index is 588. The van der Waals surface area contributed by atoms with E-state index in [0.717, 1.165) is 0 Å². The number of fused-ring (bicyclic) bond motifs is 3. The molecule has 92 valence electrons. The number of rotatable bonds is 2. The molecule has 3 rings (SSSR count). The lowest BCUT2D eigenvalue weighted by Crippen LogP contribution is -2.38. The Labute approximate surface area is 103 Å². The summed E-state index contributed by atoms with van der Waals surface area (Å²) in [4.78, 5) is 4.00. The number of ether oxygens (including phenoxy) is 2. The Kier molecular flexibility index (Phi) is 2.50. The minimum atomic E-state index is -0.221. The van der Waals surface area contributed by atoms with Gasteiger partial charge in [-0.05, 0) is 6.07 Å². The van der Waals surface area contributed by atoms with Crippen LogP contribution in [0.4, 0.5) is 0 Å². The molecule has 1 saturated heterocycles. The van der Waals surface area contributed by atoms with Gasteiger partial charge in [-0.3, -0.25) is 9.98 Å². The fourth-order valence-electron chi connectivity index (χ4n) is 2.14. The number of aromatic nitrogens is 2. The molecule has 2 aliphatic rings. The molecule has 1 fully saturated rings. The predicted octanol–water partition coefficient (Wildman–Crippen LogP) is -0.352. The Morgan fingerprint density at radius 1 is 1.67 bits per heavy atom. The van der Waals surface area contributed by atoms with Gasteiger partial charge in [0.15, 0.2) is 17.8 Å². The van der Waals surface area contributed by atoms with Crippen molar-refractivity contribution in [3.63, 3.8) is 0 Å². The molecule has 0 unspecified atom stereocenters. The van der Waals surface area contributed by atoms with Crippen LogP contribution in [0.2, 0.25) is 0 Å². The molecule has 7 heteroatoms. The van der Waals surface area contributed by atoms with Gasteiger partial charge < -0.3 is 14.8 Å². The normalized spacial score (nSPS) is 28.5. The van der Waals surface area contributed by atoms with Crippen LogP contribution in [0.5, 0.6) is 6.01 Å². The lowest BCUT2D eigenvalue weighted by atomic mass is 10.2. The summed E-state index contributed by atoms with van der Waals surface area (Å²) in [6, 6.07) is 3.87. The third-order valence-corrected chi connectivity index (χ3v) is 2.94. The van der Waals surface area contributed by atoms with Gasteiger partial charge in [-0.2, -0.15) is 10.2 Å². The van der Waals surface area contributed by atoms with Gasteiger partial charge in [0.1, 0.15) is 0 Å². The van der Waals surface area contributed by atoms with E-state index >= 15 is 0 Å². The molecule has 18 heavy (non-hydrogen) atoms. The number of hydrogen-bond donors (Lipinski definition) is 2. The van der Waals surface area contributed by atoms with Crippen molar-refractivity contribution in [3.05, 3.63) is 30.0 Å². The van der Waals surface area contributed by atoms with Crippen LogP contribution in [0.3, 0.4) is 0 Å². The van der Waals surface area contributed by atoms with Gasteiger partial charge in [0.05, 0.1) is 18.7 Å². The molecule has 7 nitrogen and oxygen atoms in total. The summed E-state index contributed by atoms with van der Waals surface area (Å²) in [6.07, 6.45) is 4.27. The van der Waals surface area contributed by atoms with Gasteiger partial charge in [-0.25, -0.2) is 0 Å². The average molecular weight is 245 g/mol. The molecular weight excluding hydrogens is 234 g/mol. The molecule has 0 bridgehead atoms. The third kappa shape index (κ3) is 1.63. The van der Waals surface area contributed by atoms with Crippen LogP contribution in [0.25, 0.3) is 0 Å². The SMILES string of the molecule is N#C/C=C\N[C@H]1CO[C@H]2[C@@H]1Oc1nc(=N)ccn12. The number of hydrogen-bond acceptors (Lipinski definition) is 6. The molecule has 2 aliphatic heterocycles. The molecule has 1 aromatic heterocycles. The second-order valence-corrected chi connectivity index (χ2v) is 4.04. The summed E-state index contributed by atoms with van der Waals surface area (Å²) in [6.45, 7) is 0.500. The summed E-state index contributed by atoms with van der Waals surface area (Å²) in [7, 11) is 0. The summed E-state index contributed by atoms with van der Waals surface area (Å²) in [5, 5.41) is 18.9. The van der Waals surface area contributed by atoms with E-state index in [4.69, 9.17) is 20.1 Å². The summed E-state index contributed by atoms with van der Waals surface area (Å²) >= 11 is 0. The Morgan fingerprint density at radius 3 is 3.39 bits per heavy atom. The highest BCUT2D eigenvalue weighted by Crippen LogP contribution is 2.35. The number of nitrogens with one attached hydrogen (secondary N) is 2. The van der Waals surface area contributed by atoms with E-state index in [9.17, 15) is 0 Å². The van der Waals surface area contributed by atoms with E-state index in [1.807, 2.05) is 6.07 Å². The van der Waals surface area contributed by atoms with Gasteiger partial charge in [-0.15, -0.1) is 0 Å². The first-order valence-electron chi connectivity index (χ1n) is 5.52. The maximum Gasteiger partial charge on any atom is 0.301 e. The van der Waals surface area contributed by atoms with Crippen LogP contribution >= 0.6 is 0 Å². The fourth-order valence-corrected chi connectivity index (χ4v) is 2.14. The predicted molar refractivity (Wildman–Crippen MR) is 59.2 cm³/mol. The molecule has 0 radical (unpaired) electrons. The van der Waals surface area contributed by atoms with Crippen LogP contribution in [0.15, 0.2) is 24.5 Å². The molecule has 3 heterocycles. The standard InChI is InChI=1S/C11H11N5O2/c12-3-1-4-14-7-6-17-10-9(7)18-11-15-8(13)2-5-16(10)11/h1-2,4-5,7,9-10,13-14H,6H2/b4-1-,13-8?/t7-,9+,10-/m0/s1. The van der Waals surface area contributed by atoms with Crippen molar-refractivity contribution in [2.24, 2.45) is 0 Å². The smallest absolute Gasteiger partial charge is 0.301 e. The molecule has 3 atom stereocenters. The first-order chi connectivity index (χ1) is 8.79. The highest BCUT2D eigenvalue weighted by Gasteiger charge is 2.45. The number of nitrogens with zero attached hydrogens (tertiary/aromatic N) is 3. The van der Waals surface area contributed by atoms with Crippen molar-refractivity contribution in [2.45, 2.75) is 18.4 Å². The first-order valence-corrected chi connectivity index (χ1v) is 5.52. The van der Waals surface area contributed by atoms with E-state index in [0.29, 0.717) is 12.6 Å². The van der Waals surface area contributed by atoms with Crippen LogP contribution < -0.4 is 15.5 Å². The molecule has 1 aromatic rings. The monoisotopic (exact) mass is 245 g/mol. The van der Waals surface area contributed by atoms with Crippen molar-refractivity contribution < 1.29 is 9.47 Å². The second kappa shape index (κ2) is 4.16. The summed E-state index contributed by atoms with van der Waals surface area (Å²) in [5.74, 6) is 0. The van der Waals surface area contributed by atoms with Crippen molar-refractivity contribution in [1.29, 1.82) is 10.7 Å². The van der Waals surface area contributed by atoms with E-state index in [-0.39, 0.29) is 23.9 Å². The zero-order valence-electron chi connectivity index (χ0n) is 9.41. The van der Waals surface area contributed by atoms with Gasteiger partial charge in [0.2, 0.25) is 0 Å². The van der Waals surface area contributed by atoms with E-state index in [1.165, 1.54) is 6.08 Å². The van der Waals surface area contributed by atoms with Crippen molar-refractivity contribution >= 4 is 0 Å². The van der Waals surface area contributed by atoms with Gasteiger partial charge in [-0.1, -0.05) is 0 Å². The van der Waals surface area contributed by atoms with Crippen LogP contribution in [0.1, 0.15) is 6.23 Å². The quantitative estimate of drug-likeness (QED) is 0.694. The summed E-state index contributed by atoms with van der Waals surface area (Å²) in [5.41, 5.74) is 0.162. The average Bonchev–Trinajstić information content (AvgIpc) is 2.88. The maximum atomic E-state index is 8.43. The molecule has 0 amide bonds. The van der Waals surface area contributed by atoms with Crippen molar-refractivity contribution in [2.75, 3.05) is 6.61 Å². The van der Waals surface area contributed by atoms with Gasteiger partial charge in [0, 0.05) is 18.5 Å². The number of allylic oxidation sites excluding steroid dienone is 1. The minimum Gasteiger partial charge on any atom is -0.454 e. The topological polar surface area (TPSA) is 96.0 Å². The second-order valence-electron chi connectivity index (χ2n) is 4.04. The van der Waals surface area contributed by atoms with Crippen molar-refractivity contribution in [1.82, 2.24) is 14.9 Å². The zero-order chi connectivity index (χ0) is 12.5. The molecular formula is C11H11N5O2. The lowest BCUT2D eigenvalue weighted by Gasteiger charge is -2.14. The fraction of sp³-hybridized carbons (Fsp3) is 0.364. The lowest BCUT2D eigenvalue weighted by molar-refractivity contribution is 0.0399. The Balaban J connectivity index is 1.81. The Morgan fingerprint density at radius 2 is 2.56 bits per heavy atom. The van der Waals surface area contributed by atoms with E-state index in [2.05, 4.69) is 10.3 Å². The molecule has 2 N–H and O–H groups in total. The van der Waals surface area contributed by atoms with Crippen LogP contribution in [0, 0.1) is 16.7 Å². The van der Waals surface area contributed by atoms with Crippen LogP contribution in [-0.4, -0.2) is 28.3 Å². The maximum absolute atomic E-state index is 8.43. The highest BCUT2D eigenvalue weighted by molar-refractivity contribution is 5.11. The zero-order valence-corrected chi connectivity index (χ0v) is 9.41. The molecule has 0 spiro atoms. The van der Waals surface area contributed by atoms with Gasteiger partial charge in [0.25, 0.3) is 0 Å². The van der Waals surface area contributed by atoms with E-state index in [1.54, 1.807) is 23.0 Å². The Hall–Kier alpha value is -2.33. The molecule has 0 aliphatic carbocycles. The first kappa shape index (κ1) is 10.8. The summed E-state index contributed by atoms with van der Waals surface area (Å²) < 4.78 is 13.1. The van der Waals surface area contributed by atoms with E-state index < -0.39 is 0 Å². The third-order valence-electron chi connectivity index (χ3n) is 2.94. The van der Waals surface area contributed by atoms with Gasteiger partial charge >= 0.3 is 6.01 Å². The van der Waals surface area contributed by atoms with Crippen LogP contribution in [-0.2, 0) is 4.74 Å².